The van der Waals surface area contributed by atoms with Gasteiger partial charge in [0, 0.05) is 0 Å². The molecule has 0 nitrogen and oxygen atoms in total. The molecule has 0 radical (unpaired) electrons. The number of hydrogen-bond donors (Lipinski definition) is 0. The summed E-state index contributed by atoms with van der Waals surface area (Å²) in [7, 11) is 0. The molecule has 0 aliphatic heterocycles. The van der Waals surface area contributed by atoms with Gasteiger partial charge in [0.15, 0.2) is 0 Å². The van der Waals surface area contributed by atoms with Crippen LogP contribution < -0.4 is 0 Å². The first kappa shape index (κ1) is 20.9. The second-order valence-corrected chi connectivity index (χ2v) is 8.96. The van der Waals surface area contributed by atoms with Gasteiger partial charge in [-0.15, -0.1) is 0 Å². The number of aryl methyl sites for hydroxylation is 2. The minimum Gasteiger partial charge on any atom is -0.0654 e. The van der Waals surface area contributed by atoms with E-state index < -0.39 is 0 Å². The summed E-state index contributed by atoms with van der Waals surface area (Å²) in [6, 6.07) is 23.5. The van der Waals surface area contributed by atoms with E-state index in [9.17, 15) is 0 Å². The Kier molecular flexibility index (Phi) is 7.05. The summed E-state index contributed by atoms with van der Waals surface area (Å²) in [6.07, 6.45) is 13.0. The van der Waals surface area contributed by atoms with E-state index in [0.717, 1.165) is 0 Å². The predicted octanol–water partition coefficient (Wildman–Crippen LogP) is 9.39. The fourth-order valence-corrected chi connectivity index (χ4v) is 4.81. The lowest BCUT2D eigenvalue weighted by Gasteiger charge is -2.10. The molecular formula is C30H36. The van der Waals surface area contributed by atoms with E-state index in [1.165, 1.54) is 108 Å². The highest BCUT2D eigenvalue weighted by atomic mass is 14.1. The SMILES string of the molecule is CCCCCCc1ccc2c(ccc3c4ccc(CCCCCC)cc4ccc23)c1. The Bertz CT molecular complexity index is 1030. The first-order valence-electron chi connectivity index (χ1n) is 12.2. The molecule has 0 amide bonds. The third kappa shape index (κ3) is 4.69. The topological polar surface area (TPSA) is 0 Å². The van der Waals surface area contributed by atoms with Crippen LogP contribution in [0.25, 0.3) is 32.3 Å². The van der Waals surface area contributed by atoms with Gasteiger partial charge in [0.05, 0.1) is 0 Å². The molecule has 0 N–H and O–H groups in total. The Labute approximate surface area is 182 Å². The number of unbranched alkanes of at least 4 members (excludes halogenated alkanes) is 6. The van der Waals surface area contributed by atoms with Gasteiger partial charge < -0.3 is 0 Å². The molecular weight excluding hydrogens is 360 g/mol. The Morgan fingerprint density at radius 3 is 1.30 bits per heavy atom. The van der Waals surface area contributed by atoms with Crippen LogP contribution in [0.5, 0.6) is 0 Å². The standard InChI is InChI=1S/C30H36/c1-3-5-7-9-11-23-13-17-27-25(21-23)15-19-30-28-18-14-24(12-10-8-6-4-2)22-26(28)16-20-29(27)30/h13-22H,3-12H2,1-2H3. The van der Waals surface area contributed by atoms with E-state index in [0.29, 0.717) is 0 Å². The maximum atomic E-state index is 2.41. The van der Waals surface area contributed by atoms with Crippen molar-refractivity contribution < 1.29 is 0 Å². The monoisotopic (exact) mass is 396 g/mol. The third-order valence-corrected chi connectivity index (χ3v) is 6.60. The first-order valence-corrected chi connectivity index (χ1v) is 12.2. The normalized spacial score (nSPS) is 11.7. The quantitative estimate of drug-likeness (QED) is 0.185. The molecule has 0 fully saturated rings. The Morgan fingerprint density at radius 2 is 0.867 bits per heavy atom. The van der Waals surface area contributed by atoms with Gasteiger partial charge in [-0.1, -0.05) is 113 Å². The molecule has 4 aromatic carbocycles. The molecule has 30 heavy (non-hydrogen) atoms. The Balaban J connectivity index is 1.61. The van der Waals surface area contributed by atoms with Crippen molar-refractivity contribution >= 4 is 32.3 Å². The molecule has 0 saturated heterocycles. The van der Waals surface area contributed by atoms with Gasteiger partial charge in [-0.25, -0.2) is 0 Å². The van der Waals surface area contributed by atoms with Crippen molar-refractivity contribution in [2.24, 2.45) is 0 Å². The molecule has 0 spiro atoms. The van der Waals surface area contributed by atoms with Gasteiger partial charge in [0.1, 0.15) is 0 Å². The summed E-state index contributed by atoms with van der Waals surface area (Å²) >= 11 is 0. The van der Waals surface area contributed by atoms with Gasteiger partial charge in [-0.3, -0.25) is 0 Å². The highest BCUT2D eigenvalue weighted by Gasteiger charge is 2.06. The van der Waals surface area contributed by atoms with E-state index in [2.05, 4.69) is 74.5 Å². The molecule has 4 rings (SSSR count). The van der Waals surface area contributed by atoms with Crippen LogP contribution in [0.2, 0.25) is 0 Å². The third-order valence-electron chi connectivity index (χ3n) is 6.60. The first-order chi connectivity index (χ1) is 14.8. The van der Waals surface area contributed by atoms with Gasteiger partial charge in [-0.05, 0) is 69.1 Å². The summed E-state index contributed by atoms with van der Waals surface area (Å²) in [5.41, 5.74) is 2.96. The average Bonchev–Trinajstić information content (AvgIpc) is 2.79. The van der Waals surface area contributed by atoms with Crippen LogP contribution in [-0.4, -0.2) is 0 Å². The van der Waals surface area contributed by atoms with Crippen molar-refractivity contribution in [3.8, 4) is 0 Å². The fraction of sp³-hybridized carbons (Fsp3) is 0.400. The number of rotatable bonds is 10. The molecule has 0 heteroatoms. The van der Waals surface area contributed by atoms with Crippen molar-refractivity contribution in [3.63, 3.8) is 0 Å². The Hall–Kier alpha value is -2.34. The van der Waals surface area contributed by atoms with Gasteiger partial charge in [0.2, 0.25) is 0 Å². The van der Waals surface area contributed by atoms with Crippen molar-refractivity contribution in [2.45, 2.75) is 78.1 Å². The molecule has 0 aliphatic carbocycles. The number of fused-ring (bicyclic) bond motifs is 5. The number of benzene rings is 4. The van der Waals surface area contributed by atoms with Crippen LogP contribution in [0.15, 0.2) is 60.7 Å². The molecule has 0 bridgehead atoms. The second kappa shape index (κ2) is 10.1. The van der Waals surface area contributed by atoms with E-state index >= 15 is 0 Å². The lowest BCUT2D eigenvalue weighted by molar-refractivity contribution is 0.667. The van der Waals surface area contributed by atoms with Crippen molar-refractivity contribution in [2.75, 3.05) is 0 Å². The largest absolute Gasteiger partial charge is 0.0654 e. The highest BCUT2D eigenvalue weighted by Crippen LogP contribution is 2.32. The molecule has 156 valence electrons. The highest BCUT2D eigenvalue weighted by molar-refractivity contribution is 6.17. The second-order valence-electron chi connectivity index (χ2n) is 8.96. The van der Waals surface area contributed by atoms with Gasteiger partial charge in [-0.2, -0.15) is 0 Å². The molecule has 0 atom stereocenters. The van der Waals surface area contributed by atoms with Crippen LogP contribution in [-0.2, 0) is 12.8 Å². The van der Waals surface area contributed by atoms with Crippen molar-refractivity contribution in [1.82, 2.24) is 0 Å². The van der Waals surface area contributed by atoms with E-state index in [-0.39, 0.29) is 0 Å². The van der Waals surface area contributed by atoms with E-state index in [4.69, 9.17) is 0 Å². The van der Waals surface area contributed by atoms with Crippen LogP contribution >= 0.6 is 0 Å². The summed E-state index contributed by atoms with van der Waals surface area (Å²) in [6.45, 7) is 4.55. The summed E-state index contributed by atoms with van der Waals surface area (Å²) in [4.78, 5) is 0. The molecule has 0 heterocycles. The van der Waals surface area contributed by atoms with E-state index in [1.807, 2.05) is 0 Å². The maximum Gasteiger partial charge on any atom is -0.00990 e. The molecule has 4 aromatic rings. The summed E-state index contributed by atoms with van der Waals surface area (Å²) < 4.78 is 0. The van der Waals surface area contributed by atoms with Crippen LogP contribution in [0.1, 0.15) is 76.3 Å². The van der Waals surface area contributed by atoms with Crippen molar-refractivity contribution in [3.05, 3.63) is 71.8 Å². The van der Waals surface area contributed by atoms with Crippen molar-refractivity contribution in [1.29, 1.82) is 0 Å². The lowest BCUT2D eigenvalue weighted by Crippen LogP contribution is -1.88. The minimum absolute atomic E-state index is 1.20. The zero-order chi connectivity index (χ0) is 20.8. The van der Waals surface area contributed by atoms with Gasteiger partial charge >= 0.3 is 0 Å². The van der Waals surface area contributed by atoms with E-state index in [1.54, 1.807) is 0 Å². The van der Waals surface area contributed by atoms with Crippen LogP contribution in [0.3, 0.4) is 0 Å². The number of hydrogen-bond acceptors (Lipinski definition) is 0. The lowest BCUT2D eigenvalue weighted by atomic mass is 9.94. The van der Waals surface area contributed by atoms with Crippen LogP contribution in [0, 0.1) is 0 Å². The molecule has 0 unspecified atom stereocenters. The van der Waals surface area contributed by atoms with Gasteiger partial charge in [0.25, 0.3) is 0 Å². The van der Waals surface area contributed by atoms with Crippen LogP contribution in [0.4, 0.5) is 0 Å². The smallest absolute Gasteiger partial charge is 0.00990 e. The molecule has 0 aliphatic rings. The minimum atomic E-state index is 1.20. The molecule has 0 saturated carbocycles. The summed E-state index contributed by atoms with van der Waals surface area (Å²) in [5, 5.41) is 8.29. The molecule has 0 aromatic heterocycles. The predicted molar refractivity (Wildman–Crippen MR) is 135 cm³/mol. The maximum absolute atomic E-state index is 2.41. The zero-order valence-corrected chi connectivity index (χ0v) is 18.8. The summed E-state index contributed by atoms with van der Waals surface area (Å²) in [5.74, 6) is 0. The Morgan fingerprint density at radius 1 is 0.433 bits per heavy atom. The average molecular weight is 397 g/mol. The fourth-order valence-electron chi connectivity index (χ4n) is 4.81. The zero-order valence-electron chi connectivity index (χ0n) is 18.8.